The molecule has 3 aromatic rings. The topological polar surface area (TPSA) is 36.1 Å². The summed E-state index contributed by atoms with van der Waals surface area (Å²) in [5, 5.41) is 1.07. The number of rotatable bonds is 2. The Bertz CT molecular complexity index is 949. The summed E-state index contributed by atoms with van der Waals surface area (Å²) >= 11 is 5.76. The molecule has 0 saturated carbocycles. The van der Waals surface area contributed by atoms with Gasteiger partial charge in [0.1, 0.15) is 17.5 Å². The fourth-order valence-electron chi connectivity index (χ4n) is 3.67. The van der Waals surface area contributed by atoms with Gasteiger partial charge in [0, 0.05) is 29.2 Å². The summed E-state index contributed by atoms with van der Waals surface area (Å²) in [7, 11) is 0. The first-order valence-electron chi connectivity index (χ1n) is 7.99. The molecular weight excluding hydrogens is 346 g/mol. The summed E-state index contributed by atoms with van der Waals surface area (Å²) in [6, 6.07) is 10.6. The molecule has 1 atom stereocenters. The van der Waals surface area contributed by atoms with Gasteiger partial charge in [-0.15, -0.1) is 11.6 Å². The Hall–Kier alpha value is -2.40. The van der Waals surface area contributed by atoms with Crippen LogP contribution in [0.1, 0.15) is 22.9 Å². The molecule has 25 heavy (non-hydrogen) atoms. The lowest BCUT2D eigenvalue weighted by molar-refractivity contribution is -0.130. The monoisotopic (exact) mass is 360 g/mol. The molecule has 0 saturated heterocycles. The molecule has 1 aliphatic rings. The van der Waals surface area contributed by atoms with Crippen molar-refractivity contribution >= 4 is 28.4 Å². The van der Waals surface area contributed by atoms with E-state index in [4.69, 9.17) is 11.6 Å². The summed E-state index contributed by atoms with van der Waals surface area (Å²) < 4.78 is 27.6. The van der Waals surface area contributed by atoms with Gasteiger partial charge in [-0.25, -0.2) is 8.78 Å². The molecule has 2 aromatic carbocycles. The number of amides is 1. The van der Waals surface area contributed by atoms with Crippen LogP contribution in [-0.2, 0) is 11.2 Å². The number of H-pyrrole nitrogens is 1. The number of aromatic nitrogens is 1. The van der Waals surface area contributed by atoms with Crippen LogP contribution in [0.2, 0.25) is 0 Å². The number of carbonyl (C=O) groups excluding carboxylic acids is 1. The van der Waals surface area contributed by atoms with Gasteiger partial charge in [-0.1, -0.05) is 18.2 Å². The van der Waals surface area contributed by atoms with Crippen LogP contribution in [0.5, 0.6) is 0 Å². The number of aromatic amines is 1. The number of nitrogens with one attached hydrogen (secondary N) is 1. The first-order valence-corrected chi connectivity index (χ1v) is 8.53. The van der Waals surface area contributed by atoms with Crippen LogP contribution < -0.4 is 0 Å². The van der Waals surface area contributed by atoms with E-state index in [2.05, 4.69) is 4.98 Å². The van der Waals surface area contributed by atoms with Crippen molar-refractivity contribution in [2.75, 3.05) is 12.4 Å². The number of hydrogen-bond donors (Lipinski definition) is 1. The van der Waals surface area contributed by atoms with Crippen LogP contribution in [0.4, 0.5) is 8.78 Å². The van der Waals surface area contributed by atoms with Crippen molar-refractivity contribution in [3.05, 3.63) is 70.9 Å². The van der Waals surface area contributed by atoms with Gasteiger partial charge in [0.05, 0.1) is 6.04 Å². The van der Waals surface area contributed by atoms with Gasteiger partial charge < -0.3 is 9.88 Å². The molecule has 6 heteroatoms. The van der Waals surface area contributed by atoms with Gasteiger partial charge in [-0.3, -0.25) is 4.79 Å². The van der Waals surface area contributed by atoms with Crippen molar-refractivity contribution in [3.63, 3.8) is 0 Å². The highest BCUT2D eigenvalue weighted by Crippen LogP contribution is 2.38. The normalized spacial score (nSPS) is 16.9. The lowest BCUT2D eigenvalue weighted by atomic mass is 9.92. The number of fused-ring (bicyclic) bond motifs is 3. The van der Waals surface area contributed by atoms with E-state index in [0.29, 0.717) is 18.5 Å². The van der Waals surface area contributed by atoms with Crippen LogP contribution in [-0.4, -0.2) is 28.2 Å². The van der Waals surface area contributed by atoms with E-state index in [1.165, 1.54) is 12.1 Å². The molecule has 3 nitrogen and oxygen atoms in total. The molecule has 0 fully saturated rings. The second-order valence-corrected chi connectivity index (χ2v) is 6.41. The Morgan fingerprint density at radius 2 is 1.92 bits per heavy atom. The predicted molar refractivity (Wildman–Crippen MR) is 92.6 cm³/mol. The van der Waals surface area contributed by atoms with Gasteiger partial charge >= 0.3 is 0 Å². The minimum atomic E-state index is -0.670. The standard InChI is InChI=1S/C19H15ClF2N2O/c20-10-17(25)24-6-5-15-14-3-1-2-4-16(14)23-18(15)19(24)11-7-12(21)9-13(22)8-11/h1-4,7-9,19,23H,5-6,10H2. The summed E-state index contributed by atoms with van der Waals surface area (Å²) in [4.78, 5) is 17.3. The number of carbonyl (C=O) groups is 1. The Balaban J connectivity index is 1.94. The Morgan fingerprint density at radius 1 is 1.20 bits per heavy atom. The van der Waals surface area contributed by atoms with Gasteiger partial charge in [0.2, 0.25) is 5.91 Å². The number of halogens is 3. The van der Waals surface area contributed by atoms with Crippen LogP contribution in [0.15, 0.2) is 42.5 Å². The smallest absolute Gasteiger partial charge is 0.238 e. The molecule has 0 bridgehead atoms. The molecule has 1 aromatic heterocycles. The first kappa shape index (κ1) is 16.1. The molecule has 2 heterocycles. The maximum absolute atomic E-state index is 13.8. The molecule has 1 aliphatic heterocycles. The van der Waals surface area contributed by atoms with Gasteiger partial charge in [0.25, 0.3) is 0 Å². The maximum atomic E-state index is 13.8. The van der Waals surface area contributed by atoms with Gasteiger partial charge in [0.15, 0.2) is 0 Å². The maximum Gasteiger partial charge on any atom is 0.238 e. The number of hydrogen-bond acceptors (Lipinski definition) is 1. The number of alkyl halides is 1. The zero-order valence-corrected chi connectivity index (χ0v) is 14.0. The van der Waals surface area contributed by atoms with E-state index < -0.39 is 17.7 Å². The van der Waals surface area contributed by atoms with E-state index in [1.807, 2.05) is 24.3 Å². The van der Waals surface area contributed by atoms with Crippen molar-refractivity contribution in [3.8, 4) is 0 Å². The Kier molecular flexibility index (Phi) is 3.96. The van der Waals surface area contributed by atoms with E-state index in [-0.39, 0.29) is 11.8 Å². The quantitative estimate of drug-likeness (QED) is 0.684. The third kappa shape index (κ3) is 2.68. The van der Waals surface area contributed by atoms with Crippen LogP contribution in [0.25, 0.3) is 10.9 Å². The predicted octanol–water partition coefficient (Wildman–Crippen LogP) is 4.16. The third-order valence-corrected chi connectivity index (χ3v) is 4.90. The lowest BCUT2D eigenvalue weighted by Gasteiger charge is -2.36. The zero-order chi connectivity index (χ0) is 17.6. The first-order chi connectivity index (χ1) is 12.1. The van der Waals surface area contributed by atoms with E-state index in [0.717, 1.165) is 28.2 Å². The largest absolute Gasteiger partial charge is 0.356 e. The van der Waals surface area contributed by atoms with Crippen molar-refractivity contribution in [1.82, 2.24) is 9.88 Å². The van der Waals surface area contributed by atoms with Crippen molar-refractivity contribution in [2.45, 2.75) is 12.5 Å². The molecule has 1 N–H and O–H groups in total. The van der Waals surface area contributed by atoms with Gasteiger partial charge in [-0.05, 0) is 35.7 Å². The van der Waals surface area contributed by atoms with E-state index in [1.54, 1.807) is 4.90 Å². The van der Waals surface area contributed by atoms with Crippen molar-refractivity contribution in [2.24, 2.45) is 0 Å². The molecular formula is C19H15ClF2N2O. The number of nitrogens with zero attached hydrogens (tertiary/aromatic N) is 1. The highest BCUT2D eigenvalue weighted by atomic mass is 35.5. The summed E-state index contributed by atoms with van der Waals surface area (Å²) in [5.74, 6) is -1.78. The van der Waals surface area contributed by atoms with Gasteiger partial charge in [-0.2, -0.15) is 0 Å². The average molecular weight is 361 g/mol. The number of para-hydroxylation sites is 1. The molecule has 0 radical (unpaired) electrons. The third-order valence-electron chi connectivity index (χ3n) is 4.67. The highest BCUT2D eigenvalue weighted by Gasteiger charge is 2.34. The van der Waals surface area contributed by atoms with E-state index >= 15 is 0 Å². The van der Waals surface area contributed by atoms with Crippen LogP contribution >= 0.6 is 11.6 Å². The lowest BCUT2D eigenvalue weighted by Crippen LogP contribution is -2.41. The Labute approximate surface area is 148 Å². The fraction of sp³-hybridized carbons (Fsp3) is 0.211. The zero-order valence-electron chi connectivity index (χ0n) is 13.2. The Morgan fingerprint density at radius 3 is 2.64 bits per heavy atom. The minimum absolute atomic E-state index is 0.177. The average Bonchev–Trinajstić information content (AvgIpc) is 2.98. The van der Waals surface area contributed by atoms with Crippen LogP contribution in [0.3, 0.4) is 0 Å². The minimum Gasteiger partial charge on any atom is -0.356 e. The fourth-order valence-corrected chi connectivity index (χ4v) is 3.82. The number of benzene rings is 2. The SMILES string of the molecule is O=C(CCl)N1CCc2c([nH]c3ccccc23)C1c1cc(F)cc(F)c1. The molecule has 0 spiro atoms. The molecule has 128 valence electrons. The summed E-state index contributed by atoms with van der Waals surface area (Å²) in [6.45, 7) is 0.448. The van der Waals surface area contributed by atoms with Crippen LogP contribution in [0, 0.1) is 11.6 Å². The summed E-state index contributed by atoms with van der Waals surface area (Å²) in [5.41, 5.74) is 3.19. The molecule has 1 amide bonds. The molecule has 1 unspecified atom stereocenters. The second-order valence-electron chi connectivity index (χ2n) is 6.14. The van der Waals surface area contributed by atoms with Crippen molar-refractivity contribution in [1.29, 1.82) is 0 Å². The summed E-state index contributed by atoms with van der Waals surface area (Å²) in [6.07, 6.45) is 0.663. The van der Waals surface area contributed by atoms with Crippen molar-refractivity contribution < 1.29 is 13.6 Å². The highest BCUT2D eigenvalue weighted by molar-refractivity contribution is 6.27. The molecule has 4 rings (SSSR count). The van der Waals surface area contributed by atoms with E-state index in [9.17, 15) is 13.6 Å². The second kappa shape index (κ2) is 6.15. The molecule has 0 aliphatic carbocycles.